The number of β-amino-alcohol motifs (C(OH)–C–C–N with tert-alkyl or cyclic N) is 1. The van der Waals surface area contributed by atoms with Crippen LogP contribution >= 0.6 is 0 Å². The summed E-state index contributed by atoms with van der Waals surface area (Å²) in [7, 11) is 2.73. The van der Waals surface area contributed by atoms with E-state index in [9.17, 15) is 14.7 Å². The normalized spacial score (nSPS) is 26.8. The molecule has 6 heteroatoms. The van der Waals surface area contributed by atoms with E-state index in [1.807, 2.05) is 6.92 Å². The maximum absolute atomic E-state index is 12.4. The molecule has 1 rings (SSSR count). The van der Waals surface area contributed by atoms with Crippen LogP contribution in [0.5, 0.6) is 0 Å². The van der Waals surface area contributed by atoms with Crippen molar-refractivity contribution in [1.82, 2.24) is 4.90 Å². The fraction of sp³-hybridized carbons (Fsp3) is 0.833. The standard InChI is InChI=1S/C12H21NO5/c1-5-12(2,18-4)11(16)13-7-8(14)6-9(13)10(15)17-3/h8-9,14H,5-7H2,1-4H3. The van der Waals surface area contributed by atoms with Gasteiger partial charge in [-0.3, -0.25) is 4.79 Å². The Balaban J connectivity index is 2.92. The van der Waals surface area contributed by atoms with Crippen molar-refractivity contribution in [1.29, 1.82) is 0 Å². The topological polar surface area (TPSA) is 76.1 Å². The molecule has 0 saturated carbocycles. The maximum Gasteiger partial charge on any atom is 0.328 e. The molecule has 18 heavy (non-hydrogen) atoms. The Morgan fingerprint density at radius 1 is 1.44 bits per heavy atom. The molecule has 1 N–H and O–H groups in total. The van der Waals surface area contributed by atoms with Crippen molar-refractivity contribution in [3.63, 3.8) is 0 Å². The van der Waals surface area contributed by atoms with E-state index in [1.54, 1.807) is 6.92 Å². The van der Waals surface area contributed by atoms with Gasteiger partial charge in [-0.2, -0.15) is 0 Å². The van der Waals surface area contributed by atoms with Crippen molar-refractivity contribution in [3.8, 4) is 0 Å². The molecule has 1 aliphatic heterocycles. The van der Waals surface area contributed by atoms with Crippen LogP contribution in [0.3, 0.4) is 0 Å². The molecule has 1 fully saturated rings. The minimum Gasteiger partial charge on any atom is -0.467 e. The lowest BCUT2D eigenvalue weighted by Crippen LogP contribution is -2.52. The SMILES string of the molecule is CCC(C)(OC)C(=O)N1CC(O)CC1C(=O)OC. The summed E-state index contributed by atoms with van der Waals surface area (Å²) in [4.78, 5) is 25.3. The highest BCUT2D eigenvalue weighted by Gasteiger charge is 2.45. The first-order chi connectivity index (χ1) is 8.39. The van der Waals surface area contributed by atoms with Gasteiger partial charge in [-0.15, -0.1) is 0 Å². The molecule has 0 aromatic rings. The molecule has 0 radical (unpaired) electrons. The number of nitrogens with zero attached hydrogens (tertiary/aromatic N) is 1. The second-order valence-corrected chi connectivity index (χ2v) is 4.67. The number of amides is 1. The van der Waals surface area contributed by atoms with Gasteiger partial charge in [0.25, 0.3) is 5.91 Å². The zero-order valence-electron chi connectivity index (χ0n) is 11.3. The van der Waals surface area contributed by atoms with Gasteiger partial charge in [0.2, 0.25) is 0 Å². The first kappa shape index (κ1) is 14.9. The number of ether oxygens (including phenoxy) is 2. The summed E-state index contributed by atoms with van der Waals surface area (Å²) in [5, 5.41) is 9.63. The highest BCUT2D eigenvalue weighted by Crippen LogP contribution is 2.26. The fourth-order valence-corrected chi connectivity index (χ4v) is 2.08. The Morgan fingerprint density at radius 3 is 2.50 bits per heavy atom. The molecule has 0 spiro atoms. The number of likely N-dealkylation sites (tertiary alicyclic amines) is 1. The van der Waals surface area contributed by atoms with Gasteiger partial charge in [0.05, 0.1) is 13.2 Å². The average Bonchev–Trinajstić information content (AvgIpc) is 2.77. The molecule has 0 bridgehead atoms. The lowest BCUT2D eigenvalue weighted by Gasteiger charge is -2.32. The van der Waals surface area contributed by atoms with Gasteiger partial charge in [-0.1, -0.05) is 6.92 Å². The van der Waals surface area contributed by atoms with Gasteiger partial charge in [0.1, 0.15) is 11.6 Å². The van der Waals surface area contributed by atoms with Crippen molar-refractivity contribution in [2.45, 2.75) is 44.4 Å². The molecule has 1 saturated heterocycles. The van der Waals surface area contributed by atoms with E-state index in [0.717, 1.165) is 0 Å². The third-order valence-electron chi connectivity index (χ3n) is 3.59. The second-order valence-electron chi connectivity index (χ2n) is 4.67. The molecule has 0 aromatic heterocycles. The Morgan fingerprint density at radius 2 is 2.06 bits per heavy atom. The van der Waals surface area contributed by atoms with Crippen molar-refractivity contribution in [2.75, 3.05) is 20.8 Å². The van der Waals surface area contributed by atoms with Crippen LogP contribution in [0.25, 0.3) is 0 Å². The Labute approximate surface area is 107 Å². The summed E-state index contributed by atoms with van der Waals surface area (Å²) in [5.41, 5.74) is -0.976. The van der Waals surface area contributed by atoms with Crippen LogP contribution in [0.1, 0.15) is 26.7 Å². The van der Waals surface area contributed by atoms with Gasteiger partial charge < -0.3 is 19.5 Å². The smallest absolute Gasteiger partial charge is 0.328 e. The van der Waals surface area contributed by atoms with Crippen LogP contribution in [0, 0.1) is 0 Å². The number of methoxy groups -OCH3 is 2. The predicted octanol–water partition coefficient (Wildman–Crippen LogP) is -0.0637. The molecule has 6 nitrogen and oxygen atoms in total. The van der Waals surface area contributed by atoms with Gasteiger partial charge >= 0.3 is 5.97 Å². The molecule has 104 valence electrons. The van der Waals surface area contributed by atoms with Crippen LogP contribution in [-0.4, -0.2) is 60.4 Å². The van der Waals surface area contributed by atoms with E-state index >= 15 is 0 Å². The maximum atomic E-state index is 12.4. The predicted molar refractivity (Wildman–Crippen MR) is 63.8 cm³/mol. The van der Waals surface area contributed by atoms with Crippen LogP contribution in [0.2, 0.25) is 0 Å². The van der Waals surface area contributed by atoms with Crippen LogP contribution in [0.4, 0.5) is 0 Å². The Kier molecular flexibility index (Phi) is 4.70. The summed E-state index contributed by atoms with van der Waals surface area (Å²) < 4.78 is 9.89. The van der Waals surface area contributed by atoms with E-state index in [4.69, 9.17) is 4.74 Å². The number of aliphatic hydroxyl groups is 1. The summed E-state index contributed by atoms with van der Waals surface area (Å²) >= 11 is 0. The van der Waals surface area contributed by atoms with E-state index in [2.05, 4.69) is 4.74 Å². The number of esters is 1. The number of hydrogen-bond donors (Lipinski definition) is 1. The number of carbonyl (C=O) groups is 2. The zero-order valence-corrected chi connectivity index (χ0v) is 11.3. The third-order valence-corrected chi connectivity index (χ3v) is 3.59. The minimum absolute atomic E-state index is 0.136. The summed E-state index contributed by atoms with van der Waals surface area (Å²) in [5.74, 6) is -0.797. The average molecular weight is 259 g/mol. The zero-order chi connectivity index (χ0) is 13.9. The lowest BCUT2D eigenvalue weighted by atomic mass is 10.0. The minimum atomic E-state index is -0.976. The van der Waals surface area contributed by atoms with E-state index < -0.39 is 23.7 Å². The Hall–Kier alpha value is -1.14. The lowest BCUT2D eigenvalue weighted by molar-refractivity contribution is -0.161. The quantitative estimate of drug-likeness (QED) is 0.716. The van der Waals surface area contributed by atoms with Crippen LogP contribution in [-0.2, 0) is 19.1 Å². The Bertz CT molecular complexity index is 326. The molecule has 3 atom stereocenters. The highest BCUT2D eigenvalue weighted by molar-refractivity contribution is 5.90. The summed E-state index contributed by atoms with van der Waals surface area (Å²) in [6.45, 7) is 3.65. The van der Waals surface area contributed by atoms with Gasteiger partial charge in [-0.05, 0) is 13.3 Å². The largest absolute Gasteiger partial charge is 0.467 e. The molecule has 1 amide bonds. The van der Waals surface area contributed by atoms with Crippen LogP contribution < -0.4 is 0 Å². The van der Waals surface area contributed by atoms with Gasteiger partial charge in [0.15, 0.2) is 0 Å². The van der Waals surface area contributed by atoms with Gasteiger partial charge in [0, 0.05) is 20.1 Å². The van der Waals surface area contributed by atoms with Crippen LogP contribution in [0.15, 0.2) is 0 Å². The molecule has 1 aliphatic rings. The molecule has 0 aromatic carbocycles. The third kappa shape index (κ3) is 2.64. The first-order valence-electron chi connectivity index (χ1n) is 6.01. The van der Waals surface area contributed by atoms with E-state index in [0.29, 0.717) is 6.42 Å². The fourth-order valence-electron chi connectivity index (χ4n) is 2.08. The van der Waals surface area contributed by atoms with Crippen molar-refractivity contribution in [2.24, 2.45) is 0 Å². The van der Waals surface area contributed by atoms with E-state index in [1.165, 1.54) is 19.1 Å². The molecular weight excluding hydrogens is 238 g/mol. The number of carbonyl (C=O) groups excluding carboxylic acids is 2. The molecule has 3 unspecified atom stereocenters. The number of rotatable bonds is 4. The summed E-state index contributed by atoms with van der Waals surface area (Å²) in [6.07, 6.45) is 0.00101. The van der Waals surface area contributed by atoms with Crippen molar-refractivity contribution < 1.29 is 24.2 Å². The first-order valence-corrected chi connectivity index (χ1v) is 6.01. The molecular formula is C12H21NO5. The highest BCUT2D eigenvalue weighted by atomic mass is 16.5. The van der Waals surface area contributed by atoms with Crippen molar-refractivity contribution >= 4 is 11.9 Å². The summed E-state index contributed by atoms with van der Waals surface area (Å²) in [6, 6.07) is -0.724. The monoisotopic (exact) mass is 259 g/mol. The second kappa shape index (κ2) is 5.67. The van der Waals surface area contributed by atoms with E-state index in [-0.39, 0.29) is 18.9 Å². The number of hydrogen-bond acceptors (Lipinski definition) is 5. The van der Waals surface area contributed by atoms with Gasteiger partial charge in [-0.25, -0.2) is 4.79 Å². The molecule has 1 heterocycles. The number of aliphatic hydroxyl groups excluding tert-OH is 1. The van der Waals surface area contributed by atoms with Crippen molar-refractivity contribution in [3.05, 3.63) is 0 Å². The molecule has 0 aliphatic carbocycles.